The number of aliphatic hydroxyl groups is 1. The highest BCUT2D eigenvalue weighted by Gasteiger charge is 2.30. The summed E-state index contributed by atoms with van der Waals surface area (Å²) in [5, 5.41) is 10.6. The van der Waals surface area contributed by atoms with Crippen molar-refractivity contribution in [2.45, 2.75) is 400 Å². The summed E-state index contributed by atoms with van der Waals surface area (Å²) in [4.78, 5) is 72.5. The first-order valence-electron chi connectivity index (χ1n) is 38.1. The lowest BCUT2D eigenvalue weighted by atomic mass is 10.0. The van der Waals surface area contributed by atoms with E-state index in [1.165, 1.54) is 199 Å². The Kier molecular flexibility index (Phi) is 64.9. The van der Waals surface area contributed by atoms with Crippen molar-refractivity contribution in [3.63, 3.8) is 0 Å². The minimum Gasteiger partial charge on any atom is -0.462 e. The number of ether oxygens (including phenoxy) is 4. The average Bonchev–Trinajstić information content (AvgIpc) is 1.51. The van der Waals surface area contributed by atoms with Crippen molar-refractivity contribution in [2.75, 3.05) is 39.6 Å². The summed E-state index contributed by atoms with van der Waals surface area (Å²) in [6, 6.07) is 0. The van der Waals surface area contributed by atoms with Crippen molar-refractivity contribution in [2.24, 2.45) is 5.92 Å². The Morgan fingerprint density at radius 3 is 0.739 bits per heavy atom. The van der Waals surface area contributed by atoms with Gasteiger partial charge >= 0.3 is 39.5 Å². The molecule has 0 fully saturated rings. The zero-order valence-electron chi connectivity index (χ0n) is 59.7. The first-order chi connectivity index (χ1) is 44.5. The van der Waals surface area contributed by atoms with Gasteiger partial charge in [0.1, 0.15) is 19.3 Å². The third-order valence-electron chi connectivity index (χ3n) is 17.0. The number of unbranched alkanes of at least 4 members (excludes halogenated alkanes) is 45. The number of phosphoric ester groups is 2. The van der Waals surface area contributed by atoms with Gasteiger partial charge in [0.05, 0.1) is 26.4 Å². The molecule has 0 heterocycles. The summed E-state index contributed by atoms with van der Waals surface area (Å²) < 4.78 is 68.3. The van der Waals surface area contributed by atoms with Gasteiger partial charge in [-0.25, -0.2) is 9.13 Å². The molecular weight excluding hydrogens is 1210 g/mol. The Morgan fingerprint density at radius 1 is 0.293 bits per heavy atom. The van der Waals surface area contributed by atoms with Gasteiger partial charge in [0.25, 0.3) is 0 Å². The Morgan fingerprint density at radius 2 is 0.500 bits per heavy atom. The second-order valence-electron chi connectivity index (χ2n) is 26.8. The molecule has 0 aromatic heterocycles. The van der Waals surface area contributed by atoms with Gasteiger partial charge in [-0.1, -0.05) is 330 Å². The van der Waals surface area contributed by atoms with Crippen molar-refractivity contribution in [3.05, 3.63) is 0 Å². The molecule has 546 valence electrons. The van der Waals surface area contributed by atoms with E-state index in [4.69, 9.17) is 37.0 Å². The summed E-state index contributed by atoms with van der Waals surface area (Å²) in [7, 11) is -9.90. The molecular formula is C73H142O17P2. The van der Waals surface area contributed by atoms with Gasteiger partial charge in [-0.15, -0.1) is 0 Å². The van der Waals surface area contributed by atoms with Crippen LogP contribution in [-0.4, -0.2) is 96.7 Å². The number of esters is 4. The van der Waals surface area contributed by atoms with Gasteiger partial charge in [-0.05, 0) is 31.6 Å². The third-order valence-corrected chi connectivity index (χ3v) is 18.9. The third kappa shape index (κ3) is 66.7. The SMILES string of the molecule is CCCCCCCCCCCCCCCCCCCCCCC(=O)O[C@H](COC(=O)CCCCCCCCCCCCCCC)COP(=O)(O)OC[C@@H](O)COP(=O)(O)OC[C@@H](COC(=O)CCCCCCCCCC)OC(=O)CCCCCCCCCCC(C)C. The highest BCUT2D eigenvalue weighted by Crippen LogP contribution is 2.45. The summed E-state index contributed by atoms with van der Waals surface area (Å²) in [6.07, 6.45) is 54.3. The average molecular weight is 1350 g/mol. The van der Waals surface area contributed by atoms with Crippen molar-refractivity contribution in [1.29, 1.82) is 0 Å². The van der Waals surface area contributed by atoms with Crippen molar-refractivity contribution < 1.29 is 80.2 Å². The summed E-state index contributed by atoms with van der Waals surface area (Å²) >= 11 is 0. The molecule has 3 N–H and O–H groups in total. The molecule has 0 bridgehead atoms. The minimum atomic E-state index is -4.95. The van der Waals surface area contributed by atoms with Gasteiger partial charge in [-0.2, -0.15) is 0 Å². The maximum Gasteiger partial charge on any atom is 0.472 e. The molecule has 0 spiro atoms. The van der Waals surface area contributed by atoms with Crippen LogP contribution in [0.25, 0.3) is 0 Å². The van der Waals surface area contributed by atoms with Crippen LogP contribution in [0.15, 0.2) is 0 Å². The molecule has 0 saturated heterocycles. The summed E-state index contributed by atoms with van der Waals surface area (Å²) in [5.41, 5.74) is 0. The lowest BCUT2D eigenvalue weighted by Gasteiger charge is -2.21. The molecule has 17 nitrogen and oxygen atoms in total. The van der Waals surface area contributed by atoms with Crippen LogP contribution >= 0.6 is 15.6 Å². The van der Waals surface area contributed by atoms with Crippen LogP contribution in [0.5, 0.6) is 0 Å². The van der Waals surface area contributed by atoms with Gasteiger partial charge in [0, 0.05) is 25.7 Å². The molecule has 0 aliphatic rings. The lowest BCUT2D eigenvalue weighted by Crippen LogP contribution is -2.30. The van der Waals surface area contributed by atoms with Crippen LogP contribution in [0.3, 0.4) is 0 Å². The Hall–Kier alpha value is -1.94. The van der Waals surface area contributed by atoms with Crippen molar-refractivity contribution >= 4 is 39.5 Å². The van der Waals surface area contributed by atoms with Crippen LogP contribution < -0.4 is 0 Å². The van der Waals surface area contributed by atoms with Crippen LogP contribution in [0.1, 0.15) is 381 Å². The Balaban J connectivity index is 5.18. The first-order valence-corrected chi connectivity index (χ1v) is 41.1. The summed E-state index contributed by atoms with van der Waals surface area (Å²) in [6.45, 7) is 7.20. The molecule has 0 aliphatic heterocycles. The molecule has 19 heteroatoms. The number of hydrogen-bond donors (Lipinski definition) is 3. The lowest BCUT2D eigenvalue weighted by molar-refractivity contribution is -0.161. The quantitative estimate of drug-likeness (QED) is 0.0222. The molecule has 0 saturated carbocycles. The molecule has 92 heavy (non-hydrogen) atoms. The number of aliphatic hydroxyl groups excluding tert-OH is 1. The van der Waals surface area contributed by atoms with Gasteiger partial charge in [0.2, 0.25) is 0 Å². The Bertz CT molecular complexity index is 1770. The number of hydrogen-bond acceptors (Lipinski definition) is 15. The van der Waals surface area contributed by atoms with Gasteiger partial charge in [0.15, 0.2) is 12.2 Å². The van der Waals surface area contributed by atoms with E-state index in [2.05, 4.69) is 34.6 Å². The highest BCUT2D eigenvalue weighted by atomic mass is 31.2. The zero-order chi connectivity index (χ0) is 67.7. The van der Waals surface area contributed by atoms with E-state index in [0.29, 0.717) is 25.7 Å². The standard InChI is InChI=1S/C73H142O17P2/c1-6-9-12-15-18-21-23-25-26-27-28-29-30-31-33-35-37-43-48-53-58-72(77)89-69(63-84-71(76)57-52-47-42-36-34-32-24-22-19-16-13-10-7-2)65-88-92(81,82)86-61-67(74)60-85-91(79,80)87-64-68(62-83-70(75)56-51-46-41-20-17-14-11-8-3)90-73(78)59-54-49-44-39-38-40-45-50-55-66(4)5/h66-69,74H,6-65H2,1-5H3,(H,79,80)(H,81,82)/t67-,68+,69+/m0/s1. The molecule has 0 aromatic rings. The summed E-state index contributed by atoms with van der Waals surface area (Å²) in [5.74, 6) is -1.40. The molecule has 0 rings (SSSR count). The number of rotatable bonds is 73. The van der Waals surface area contributed by atoms with E-state index in [9.17, 15) is 43.2 Å². The molecule has 0 amide bonds. The highest BCUT2D eigenvalue weighted by molar-refractivity contribution is 7.47. The minimum absolute atomic E-state index is 0.105. The van der Waals surface area contributed by atoms with Crippen molar-refractivity contribution in [3.8, 4) is 0 Å². The number of phosphoric acid groups is 2. The fourth-order valence-corrected chi connectivity index (χ4v) is 12.8. The predicted octanol–water partition coefficient (Wildman–Crippen LogP) is 21.3. The van der Waals surface area contributed by atoms with Gasteiger partial charge < -0.3 is 33.8 Å². The smallest absolute Gasteiger partial charge is 0.462 e. The fourth-order valence-electron chi connectivity index (χ4n) is 11.2. The van der Waals surface area contributed by atoms with E-state index in [1.54, 1.807) is 0 Å². The van der Waals surface area contributed by atoms with Crippen LogP contribution in [0, 0.1) is 5.92 Å². The van der Waals surface area contributed by atoms with Crippen LogP contribution in [0.2, 0.25) is 0 Å². The maximum absolute atomic E-state index is 13.0. The molecule has 0 aromatic carbocycles. The number of carbonyl (C=O) groups is 4. The first kappa shape index (κ1) is 90.1. The second-order valence-corrected chi connectivity index (χ2v) is 29.7. The maximum atomic E-state index is 13.0. The van der Waals surface area contributed by atoms with E-state index < -0.39 is 97.5 Å². The van der Waals surface area contributed by atoms with E-state index >= 15 is 0 Å². The van der Waals surface area contributed by atoms with Gasteiger partial charge in [-0.3, -0.25) is 37.3 Å². The zero-order valence-corrected chi connectivity index (χ0v) is 61.5. The fraction of sp³-hybridized carbons (Fsp3) is 0.945. The largest absolute Gasteiger partial charge is 0.472 e. The second kappa shape index (κ2) is 66.3. The van der Waals surface area contributed by atoms with Crippen molar-refractivity contribution in [1.82, 2.24) is 0 Å². The molecule has 0 radical (unpaired) electrons. The number of carbonyl (C=O) groups excluding carboxylic acids is 4. The molecule has 2 unspecified atom stereocenters. The molecule has 5 atom stereocenters. The van der Waals surface area contributed by atoms with E-state index in [1.807, 2.05) is 0 Å². The monoisotopic (exact) mass is 1350 g/mol. The normalized spacial score (nSPS) is 14.0. The van der Waals surface area contributed by atoms with Crippen LogP contribution in [0.4, 0.5) is 0 Å². The Labute approximate surface area is 562 Å². The van der Waals surface area contributed by atoms with E-state index in [-0.39, 0.29) is 25.7 Å². The topological polar surface area (TPSA) is 237 Å². The van der Waals surface area contributed by atoms with Crippen LogP contribution in [-0.2, 0) is 65.4 Å². The molecule has 0 aliphatic carbocycles. The predicted molar refractivity (Wildman–Crippen MR) is 372 cm³/mol. The van der Waals surface area contributed by atoms with E-state index in [0.717, 1.165) is 102 Å².